The maximum absolute atomic E-state index is 11.9. The topological polar surface area (TPSA) is 69.6 Å². The highest BCUT2D eigenvalue weighted by molar-refractivity contribution is 5.76. The largest absolute Gasteiger partial charge is 0.481 e. The van der Waals surface area contributed by atoms with E-state index >= 15 is 0 Å². The van der Waals surface area contributed by atoms with Gasteiger partial charge in [-0.1, -0.05) is 6.92 Å². The maximum atomic E-state index is 11.9. The highest BCUT2D eigenvalue weighted by Gasteiger charge is 2.32. The number of urea groups is 1. The number of aliphatic carboxylic acids is 1. The first-order valence-corrected chi connectivity index (χ1v) is 6.25. The molecule has 5 heteroatoms. The second-order valence-electron chi connectivity index (χ2n) is 4.86. The zero-order chi connectivity index (χ0) is 13.0. The molecule has 17 heavy (non-hydrogen) atoms. The molecule has 5 nitrogen and oxygen atoms in total. The Bertz CT molecular complexity index is 293. The van der Waals surface area contributed by atoms with Crippen LogP contribution >= 0.6 is 0 Å². The standard InChI is InChI=1S/C12H22N2O3/c1-4-8(2)13-12(17)14-6-5-10(11(15)16)7-9(14)3/h8-10H,4-7H2,1-3H3,(H,13,17)(H,15,16). The Kier molecular flexibility index (Phi) is 4.78. The lowest BCUT2D eigenvalue weighted by Crippen LogP contribution is -2.51. The summed E-state index contributed by atoms with van der Waals surface area (Å²) in [6.45, 7) is 6.42. The van der Waals surface area contributed by atoms with Crippen molar-refractivity contribution in [2.45, 2.75) is 52.1 Å². The number of nitrogens with zero attached hydrogens (tertiary/aromatic N) is 1. The van der Waals surface area contributed by atoms with Crippen molar-refractivity contribution in [2.75, 3.05) is 6.54 Å². The minimum Gasteiger partial charge on any atom is -0.481 e. The van der Waals surface area contributed by atoms with E-state index in [0.29, 0.717) is 19.4 Å². The third kappa shape index (κ3) is 3.61. The summed E-state index contributed by atoms with van der Waals surface area (Å²) in [5.74, 6) is -1.06. The lowest BCUT2D eigenvalue weighted by atomic mass is 9.92. The molecule has 0 aromatic heterocycles. The Morgan fingerprint density at radius 3 is 2.65 bits per heavy atom. The molecule has 0 radical (unpaired) electrons. The average molecular weight is 242 g/mol. The minimum absolute atomic E-state index is 0.00564. The van der Waals surface area contributed by atoms with Gasteiger partial charge in [0, 0.05) is 18.6 Å². The lowest BCUT2D eigenvalue weighted by Gasteiger charge is -2.36. The second-order valence-corrected chi connectivity index (χ2v) is 4.86. The fraction of sp³-hybridized carbons (Fsp3) is 0.833. The van der Waals surface area contributed by atoms with Crippen LogP contribution in [0.1, 0.15) is 40.0 Å². The zero-order valence-corrected chi connectivity index (χ0v) is 10.8. The van der Waals surface area contributed by atoms with Crippen molar-refractivity contribution in [3.63, 3.8) is 0 Å². The Morgan fingerprint density at radius 2 is 2.18 bits per heavy atom. The monoisotopic (exact) mass is 242 g/mol. The van der Waals surface area contributed by atoms with Crippen molar-refractivity contribution < 1.29 is 14.7 Å². The van der Waals surface area contributed by atoms with Crippen LogP contribution in [0.3, 0.4) is 0 Å². The van der Waals surface area contributed by atoms with Gasteiger partial charge in [0.15, 0.2) is 0 Å². The molecule has 1 saturated heterocycles. The molecule has 3 unspecified atom stereocenters. The quantitative estimate of drug-likeness (QED) is 0.791. The molecule has 0 aliphatic carbocycles. The zero-order valence-electron chi connectivity index (χ0n) is 10.8. The number of carboxylic acid groups (broad SMARTS) is 1. The van der Waals surface area contributed by atoms with Crippen LogP contribution in [0.15, 0.2) is 0 Å². The number of hydrogen-bond acceptors (Lipinski definition) is 2. The third-order valence-corrected chi connectivity index (χ3v) is 3.47. The van der Waals surface area contributed by atoms with Gasteiger partial charge in [-0.25, -0.2) is 4.79 Å². The molecule has 0 spiro atoms. The van der Waals surface area contributed by atoms with Gasteiger partial charge in [-0.05, 0) is 33.1 Å². The lowest BCUT2D eigenvalue weighted by molar-refractivity contribution is -0.143. The molecule has 1 aliphatic heterocycles. The molecular formula is C12H22N2O3. The molecule has 98 valence electrons. The van der Waals surface area contributed by atoms with Crippen LogP contribution < -0.4 is 5.32 Å². The number of likely N-dealkylation sites (tertiary alicyclic amines) is 1. The molecule has 2 N–H and O–H groups in total. The Hall–Kier alpha value is -1.26. The molecule has 3 atom stereocenters. The van der Waals surface area contributed by atoms with Gasteiger partial charge in [-0.3, -0.25) is 4.79 Å². The summed E-state index contributed by atoms with van der Waals surface area (Å²) in [5, 5.41) is 11.9. The van der Waals surface area contributed by atoms with Crippen molar-refractivity contribution in [1.29, 1.82) is 0 Å². The van der Waals surface area contributed by atoms with E-state index < -0.39 is 5.97 Å². The average Bonchev–Trinajstić information content (AvgIpc) is 2.28. The number of amides is 2. The number of hydrogen-bond donors (Lipinski definition) is 2. The highest BCUT2D eigenvalue weighted by Crippen LogP contribution is 2.23. The molecule has 1 fully saturated rings. The first-order valence-electron chi connectivity index (χ1n) is 6.25. The Morgan fingerprint density at radius 1 is 1.53 bits per heavy atom. The van der Waals surface area contributed by atoms with Gasteiger partial charge in [0.05, 0.1) is 5.92 Å². The summed E-state index contributed by atoms with van der Waals surface area (Å²) in [7, 11) is 0. The summed E-state index contributed by atoms with van der Waals surface area (Å²) < 4.78 is 0. The molecule has 0 bridgehead atoms. The molecule has 1 aliphatic rings. The number of piperidine rings is 1. The van der Waals surface area contributed by atoms with E-state index in [0.717, 1.165) is 6.42 Å². The summed E-state index contributed by atoms with van der Waals surface area (Å²) in [6, 6.07) is 0.0801. The molecule has 0 saturated carbocycles. The second kappa shape index (κ2) is 5.89. The maximum Gasteiger partial charge on any atom is 0.317 e. The van der Waals surface area contributed by atoms with Crippen molar-refractivity contribution in [2.24, 2.45) is 5.92 Å². The van der Waals surface area contributed by atoms with Crippen LogP contribution in [0.5, 0.6) is 0 Å². The van der Waals surface area contributed by atoms with Gasteiger partial charge in [0.25, 0.3) is 0 Å². The van der Waals surface area contributed by atoms with Gasteiger partial charge < -0.3 is 15.3 Å². The fourth-order valence-corrected chi connectivity index (χ4v) is 2.09. The van der Waals surface area contributed by atoms with Crippen LogP contribution in [-0.2, 0) is 4.79 Å². The molecular weight excluding hydrogens is 220 g/mol. The van der Waals surface area contributed by atoms with Gasteiger partial charge in [0.1, 0.15) is 0 Å². The third-order valence-electron chi connectivity index (χ3n) is 3.47. The van der Waals surface area contributed by atoms with E-state index in [4.69, 9.17) is 5.11 Å². The van der Waals surface area contributed by atoms with Crippen molar-refractivity contribution in [1.82, 2.24) is 10.2 Å². The first-order chi connectivity index (χ1) is 7.95. The first kappa shape index (κ1) is 13.8. The SMILES string of the molecule is CCC(C)NC(=O)N1CCC(C(=O)O)CC1C. The number of nitrogens with one attached hydrogen (secondary N) is 1. The summed E-state index contributed by atoms with van der Waals surface area (Å²) in [5.41, 5.74) is 0. The van der Waals surface area contributed by atoms with E-state index in [-0.39, 0.29) is 24.0 Å². The van der Waals surface area contributed by atoms with Crippen LogP contribution in [-0.4, -0.2) is 40.6 Å². The van der Waals surface area contributed by atoms with E-state index in [1.54, 1.807) is 4.90 Å². The van der Waals surface area contributed by atoms with Crippen molar-refractivity contribution in [3.05, 3.63) is 0 Å². The number of carbonyl (C=O) groups excluding carboxylic acids is 1. The predicted molar refractivity (Wildman–Crippen MR) is 64.8 cm³/mol. The molecule has 1 rings (SSSR count). The van der Waals surface area contributed by atoms with Gasteiger partial charge in [-0.2, -0.15) is 0 Å². The summed E-state index contributed by atoms with van der Waals surface area (Å²) in [6.07, 6.45) is 1.99. The molecule has 0 aromatic rings. The predicted octanol–water partition coefficient (Wildman–Crippen LogP) is 1.68. The molecule has 2 amide bonds. The number of carbonyl (C=O) groups is 2. The Labute approximate surface area is 102 Å². The van der Waals surface area contributed by atoms with Crippen LogP contribution in [0.4, 0.5) is 4.79 Å². The minimum atomic E-state index is -0.751. The van der Waals surface area contributed by atoms with Gasteiger partial charge in [-0.15, -0.1) is 0 Å². The number of rotatable bonds is 3. The normalized spacial score (nSPS) is 26.4. The van der Waals surface area contributed by atoms with Crippen molar-refractivity contribution in [3.8, 4) is 0 Å². The van der Waals surface area contributed by atoms with E-state index in [1.807, 2.05) is 20.8 Å². The van der Waals surface area contributed by atoms with Gasteiger partial charge in [0.2, 0.25) is 0 Å². The van der Waals surface area contributed by atoms with Crippen LogP contribution in [0, 0.1) is 5.92 Å². The van der Waals surface area contributed by atoms with E-state index in [1.165, 1.54) is 0 Å². The van der Waals surface area contributed by atoms with Crippen LogP contribution in [0.25, 0.3) is 0 Å². The van der Waals surface area contributed by atoms with E-state index in [2.05, 4.69) is 5.32 Å². The summed E-state index contributed by atoms with van der Waals surface area (Å²) >= 11 is 0. The summed E-state index contributed by atoms with van der Waals surface area (Å²) in [4.78, 5) is 24.5. The van der Waals surface area contributed by atoms with Gasteiger partial charge >= 0.3 is 12.0 Å². The fourth-order valence-electron chi connectivity index (χ4n) is 2.09. The smallest absolute Gasteiger partial charge is 0.317 e. The van der Waals surface area contributed by atoms with Crippen molar-refractivity contribution >= 4 is 12.0 Å². The van der Waals surface area contributed by atoms with E-state index in [9.17, 15) is 9.59 Å². The molecule has 1 heterocycles. The highest BCUT2D eigenvalue weighted by atomic mass is 16.4. The van der Waals surface area contributed by atoms with Crippen LogP contribution in [0.2, 0.25) is 0 Å². The molecule has 0 aromatic carbocycles. The Balaban J connectivity index is 2.51. The number of carboxylic acids is 1.